The molecule has 6 nitrogen and oxygen atoms in total. The molecule has 150 valence electrons. The third kappa shape index (κ3) is 5.24. The second-order valence-corrected chi connectivity index (χ2v) is 9.11. The van der Waals surface area contributed by atoms with Crippen LogP contribution in [0.5, 0.6) is 0 Å². The molecule has 2 aromatic rings. The van der Waals surface area contributed by atoms with E-state index in [0.717, 1.165) is 5.56 Å². The fraction of sp³-hybridized carbons (Fsp3) is 0.316. The zero-order valence-electron chi connectivity index (χ0n) is 15.0. The van der Waals surface area contributed by atoms with Gasteiger partial charge in [-0.2, -0.15) is 4.31 Å². The highest BCUT2D eigenvalue weighted by atomic mass is 35.5. The molecule has 0 radical (unpaired) electrons. The summed E-state index contributed by atoms with van der Waals surface area (Å²) in [6.45, 7) is 1.53. The summed E-state index contributed by atoms with van der Waals surface area (Å²) < 4.78 is 31.8. The first-order valence-electron chi connectivity index (χ1n) is 8.78. The zero-order valence-corrected chi connectivity index (χ0v) is 17.4. The van der Waals surface area contributed by atoms with E-state index in [9.17, 15) is 13.2 Å². The minimum Gasteiger partial charge on any atom is -0.379 e. The summed E-state index contributed by atoms with van der Waals surface area (Å²) in [7, 11) is -3.51. The fourth-order valence-electron chi connectivity index (χ4n) is 2.83. The van der Waals surface area contributed by atoms with Gasteiger partial charge in [0.2, 0.25) is 15.9 Å². The predicted octanol–water partition coefficient (Wildman–Crippen LogP) is 3.59. The normalized spacial score (nSPS) is 15.4. The molecule has 1 amide bonds. The predicted molar refractivity (Wildman–Crippen MR) is 109 cm³/mol. The van der Waals surface area contributed by atoms with Gasteiger partial charge in [0.05, 0.1) is 28.8 Å². The summed E-state index contributed by atoms with van der Waals surface area (Å²) in [4.78, 5) is 12.4. The molecule has 9 heteroatoms. The third-order valence-corrected chi connectivity index (χ3v) is 6.85. The number of benzene rings is 2. The second kappa shape index (κ2) is 9.24. The molecule has 0 aromatic heterocycles. The molecule has 0 atom stereocenters. The van der Waals surface area contributed by atoms with Crippen molar-refractivity contribution >= 4 is 44.8 Å². The summed E-state index contributed by atoms with van der Waals surface area (Å²) in [5.41, 5.74) is 1.33. The Balaban J connectivity index is 1.58. The number of anilines is 1. The number of rotatable bonds is 6. The average molecular weight is 443 g/mol. The van der Waals surface area contributed by atoms with Crippen LogP contribution in [0.15, 0.2) is 47.4 Å². The number of hydrogen-bond donors (Lipinski definition) is 1. The molecule has 0 bridgehead atoms. The number of carbonyl (C=O) groups is 1. The molecule has 1 fully saturated rings. The maximum atomic E-state index is 12.6. The minimum absolute atomic E-state index is 0.200. The first-order chi connectivity index (χ1) is 13.4. The lowest BCUT2D eigenvalue weighted by atomic mass is 10.1. The molecule has 1 heterocycles. The van der Waals surface area contributed by atoms with Crippen LogP contribution in [0.2, 0.25) is 10.0 Å². The molecule has 0 unspecified atom stereocenters. The van der Waals surface area contributed by atoms with Crippen molar-refractivity contribution in [2.24, 2.45) is 0 Å². The van der Waals surface area contributed by atoms with Crippen molar-refractivity contribution in [3.05, 3.63) is 58.1 Å². The number of amides is 1. The summed E-state index contributed by atoms with van der Waals surface area (Å²) in [5.74, 6) is -0.200. The Labute approximate surface area is 174 Å². The van der Waals surface area contributed by atoms with Crippen molar-refractivity contribution in [2.75, 3.05) is 31.6 Å². The van der Waals surface area contributed by atoms with E-state index in [1.807, 2.05) is 0 Å². The van der Waals surface area contributed by atoms with Gasteiger partial charge in [-0.05, 0) is 42.3 Å². The van der Waals surface area contributed by atoms with E-state index in [1.165, 1.54) is 4.31 Å². The van der Waals surface area contributed by atoms with Gasteiger partial charge in [0, 0.05) is 24.5 Å². The maximum absolute atomic E-state index is 12.6. The SMILES string of the molecule is O=C(CCc1ccc(S(=O)(=O)N2CCOCC2)cc1)Nc1cc(Cl)ccc1Cl. The van der Waals surface area contributed by atoms with Gasteiger partial charge in [-0.1, -0.05) is 35.3 Å². The number of ether oxygens (including phenoxy) is 1. The van der Waals surface area contributed by atoms with Crippen molar-refractivity contribution in [3.8, 4) is 0 Å². The number of hydrogen-bond acceptors (Lipinski definition) is 4. The van der Waals surface area contributed by atoms with Crippen LogP contribution in [0.4, 0.5) is 5.69 Å². The number of morpholine rings is 1. The molecule has 0 saturated carbocycles. The van der Waals surface area contributed by atoms with Gasteiger partial charge < -0.3 is 10.1 Å². The maximum Gasteiger partial charge on any atom is 0.243 e. The van der Waals surface area contributed by atoms with E-state index in [1.54, 1.807) is 42.5 Å². The second-order valence-electron chi connectivity index (χ2n) is 6.33. The Morgan fingerprint density at radius 2 is 1.75 bits per heavy atom. The van der Waals surface area contributed by atoms with Crippen LogP contribution in [0.1, 0.15) is 12.0 Å². The van der Waals surface area contributed by atoms with Gasteiger partial charge in [0.25, 0.3) is 0 Å². The van der Waals surface area contributed by atoms with Crippen LogP contribution in [-0.4, -0.2) is 44.9 Å². The van der Waals surface area contributed by atoms with Gasteiger partial charge in [-0.15, -0.1) is 0 Å². The van der Waals surface area contributed by atoms with Crippen LogP contribution in [0.25, 0.3) is 0 Å². The number of nitrogens with one attached hydrogen (secondary N) is 1. The molecule has 0 spiro atoms. The van der Waals surface area contributed by atoms with Crippen LogP contribution in [0.3, 0.4) is 0 Å². The molecule has 1 N–H and O–H groups in total. The Bertz CT molecular complexity index is 943. The lowest BCUT2D eigenvalue weighted by molar-refractivity contribution is -0.116. The van der Waals surface area contributed by atoms with Gasteiger partial charge in [0.15, 0.2) is 0 Å². The average Bonchev–Trinajstić information content (AvgIpc) is 2.70. The molecule has 1 aliphatic rings. The highest BCUT2D eigenvalue weighted by Gasteiger charge is 2.26. The summed E-state index contributed by atoms with van der Waals surface area (Å²) in [6.07, 6.45) is 0.709. The van der Waals surface area contributed by atoms with Gasteiger partial charge >= 0.3 is 0 Å². The topological polar surface area (TPSA) is 75.7 Å². The summed E-state index contributed by atoms with van der Waals surface area (Å²) in [6, 6.07) is 11.5. The summed E-state index contributed by atoms with van der Waals surface area (Å²) >= 11 is 12.0. The van der Waals surface area contributed by atoms with Crippen molar-refractivity contribution < 1.29 is 17.9 Å². The minimum atomic E-state index is -3.51. The van der Waals surface area contributed by atoms with E-state index in [-0.39, 0.29) is 17.2 Å². The van der Waals surface area contributed by atoms with Gasteiger partial charge in [-0.3, -0.25) is 4.79 Å². The molecule has 1 aliphatic heterocycles. The van der Waals surface area contributed by atoms with E-state index in [0.29, 0.717) is 48.5 Å². The number of halogens is 2. The van der Waals surface area contributed by atoms with Crippen molar-refractivity contribution in [1.29, 1.82) is 0 Å². The monoisotopic (exact) mass is 442 g/mol. The van der Waals surface area contributed by atoms with E-state index in [4.69, 9.17) is 27.9 Å². The highest BCUT2D eigenvalue weighted by Crippen LogP contribution is 2.25. The molecule has 28 heavy (non-hydrogen) atoms. The van der Waals surface area contributed by atoms with Gasteiger partial charge in [0.1, 0.15) is 0 Å². The molecule has 0 aliphatic carbocycles. The van der Waals surface area contributed by atoms with E-state index in [2.05, 4.69) is 5.32 Å². The number of aryl methyl sites for hydroxylation is 1. The van der Waals surface area contributed by atoms with Crippen LogP contribution < -0.4 is 5.32 Å². The Morgan fingerprint density at radius 1 is 1.07 bits per heavy atom. The van der Waals surface area contributed by atoms with E-state index >= 15 is 0 Å². The quantitative estimate of drug-likeness (QED) is 0.741. The van der Waals surface area contributed by atoms with Gasteiger partial charge in [-0.25, -0.2) is 8.42 Å². The molecular formula is C19H20Cl2N2O4S. The van der Waals surface area contributed by atoms with Crippen LogP contribution >= 0.6 is 23.2 Å². The molecular weight excluding hydrogens is 423 g/mol. The number of sulfonamides is 1. The van der Waals surface area contributed by atoms with Crippen LogP contribution in [0, 0.1) is 0 Å². The Kier molecular flexibility index (Phi) is 6.95. The number of nitrogens with zero attached hydrogens (tertiary/aromatic N) is 1. The van der Waals surface area contributed by atoms with Crippen molar-refractivity contribution in [2.45, 2.75) is 17.7 Å². The zero-order chi connectivity index (χ0) is 20.1. The van der Waals surface area contributed by atoms with E-state index < -0.39 is 10.0 Å². The number of carbonyl (C=O) groups excluding carboxylic acids is 1. The smallest absolute Gasteiger partial charge is 0.243 e. The summed E-state index contributed by atoms with van der Waals surface area (Å²) in [5, 5.41) is 3.63. The third-order valence-electron chi connectivity index (χ3n) is 4.37. The first kappa shape index (κ1) is 21.1. The lowest BCUT2D eigenvalue weighted by Gasteiger charge is -2.26. The largest absolute Gasteiger partial charge is 0.379 e. The Hall–Kier alpha value is -1.64. The first-order valence-corrected chi connectivity index (χ1v) is 11.0. The highest BCUT2D eigenvalue weighted by molar-refractivity contribution is 7.89. The molecule has 2 aromatic carbocycles. The molecule has 1 saturated heterocycles. The fourth-order valence-corrected chi connectivity index (χ4v) is 4.57. The molecule has 3 rings (SSSR count). The standard InChI is InChI=1S/C19H20Cl2N2O4S/c20-15-4-7-17(21)18(13-15)22-19(24)8-3-14-1-5-16(6-2-14)28(25,26)23-9-11-27-12-10-23/h1-2,4-7,13H,3,8-12H2,(H,22,24). The van der Waals surface area contributed by atoms with Crippen LogP contribution in [-0.2, 0) is 26.0 Å². The van der Waals surface area contributed by atoms with Crippen molar-refractivity contribution in [3.63, 3.8) is 0 Å². The lowest BCUT2D eigenvalue weighted by Crippen LogP contribution is -2.40. The van der Waals surface area contributed by atoms with Crippen molar-refractivity contribution in [1.82, 2.24) is 4.31 Å². The Morgan fingerprint density at radius 3 is 2.43 bits per heavy atom.